The second kappa shape index (κ2) is 8.83. The van der Waals surface area contributed by atoms with E-state index in [9.17, 15) is 30.6 Å². The van der Waals surface area contributed by atoms with Gasteiger partial charge in [0.2, 0.25) is 0 Å². The molecule has 0 aliphatic rings. The highest BCUT2D eigenvalue weighted by atomic mass is 16.3. The minimum absolute atomic E-state index is 0.00876. The monoisotopic (exact) mass is 454 g/mol. The highest BCUT2D eigenvalue weighted by molar-refractivity contribution is 5.52. The third kappa shape index (κ3) is 4.39. The van der Waals surface area contributed by atoms with E-state index in [4.69, 9.17) is 0 Å². The standard InChI is InChI=1S/C28H22O6/c29-23-9-1-19(2-10-23)27(33,20-3-11-24(30)12-4-20)17-18-28(34,21-5-13-25(31)14-6-21)22-7-15-26(32)16-8-22/h1-16,29-34H. The zero-order chi connectivity index (χ0) is 24.3. The fraction of sp³-hybridized carbons (Fsp3) is 0.0714. The first-order valence-corrected chi connectivity index (χ1v) is 10.4. The summed E-state index contributed by atoms with van der Waals surface area (Å²) < 4.78 is 0. The number of hydrogen-bond acceptors (Lipinski definition) is 6. The Labute approximate surface area is 196 Å². The van der Waals surface area contributed by atoms with Gasteiger partial charge < -0.3 is 30.6 Å². The Bertz CT molecular complexity index is 1130. The van der Waals surface area contributed by atoms with Crippen molar-refractivity contribution in [3.63, 3.8) is 0 Å². The van der Waals surface area contributed by atoms with E-state index in [-0.39, 0.29) is 23.0 Å². The smallest absolute Gasteiger partial charge is 0.177 e. The van der Waals surface area contributed by atoms with Crippen LogP contribution in [-0.4, -0.2) is 30.6 Å². The predicted octanol–water partition coefficient (Wildman–Crippen LogP) is 3.68. The SMILES string of the molecule is Oc1ccc(C(O)(C#CC(O)(c2ccc(O)cc2)c2ccc(O)cc2)c2ccc(O)cc2)cc1. The summed E-state index contributed by atoms with van der Waals surface area (Å²) in [6.45, 7) is 0. The molecular weight excluding hydrogens is 432 g/mol. The van der Waals surface area contributed by atoms with Gasteiger partial charge in [0, 0.05) is 22.3 Å². The Kier molecular flexibility index (Phi) is 5.91. The normalized spacial score (nSPS) is 11.5. The van der Waals surface area contributed by atoms with Gasteiger partial charge in [-0.05, 0) is 48.5 Å². The second-order valence-electron chi connectivity index (χ2n) is 7.86. The van der Waals surface area contributed by atoms with Gasteiger partial charge in [0.05, 0.1) is 0 Å². The van der Waals surface area contributed by atoms with Gasteiger partial charge in [-0.3, -0.25) is 0 Å². The molecule has 0 amide bonds. The largest absolute Gasteiger partial charge is 0.508 e. The third-order valence-electron chi connectivity index (χ3n) is 5.56. The Hall–Kier alpha value is -4.44. The van der Waals surface area contributed by atoms with Crippen LogP contribution >= 0.6 is 0 Å². The Morgan fingerprint density at radius 2 is 0.529 bits per heavy atom. The minimum atomic E-state index is -1.91. The fourth-order valence-electron chi connectivity index (χ4n) is 3.61. The van der Waals surface area contributed by atoms with Crippen molar-refractivity contribution in [3.8, 4) is 34.8 Å². The van der Waals surface area contributed by atoms with Crippen molar-refractivity contribution in [1.29, 1.82) is 0 Å². The van der Waals surface area contributed by atoms with Gasteiger partial charge in [-0.25, -0.2) is 0 Å². The van der Waals surface area contributed by atoms with Crippen molar-refractivity contribution in [3.05, 3.63) is 119 Å². The van der Waals surface area contributed by atoms with Crippen LogP contribution in [0.3, 0.4) is 0 Å². The maximum atomic E-state index is 11.8. The number of aliphatic hydroxyl groups is 2. The zero-order valence-electron chi connectivity index (χ0n) is 17.9. The van der Waals surface area contributed by atoms with Gasteiger partial charge in [-0.1, -0.05) is 60.4 Å². The number of phenols is 4. The summed E-state index contributed by atoms with van der Waals surface area (Å²) in [5.74, 6) is 5.64. The molecule has 0 aliphatic carbocycles. The third-order valence-corrected chi connectivity index (χ3v) is 5.56. The molecule has 0 fully saturated rings. The maximum absolute atomic E-state index is 11.8. The second-order valence-corrected chi connectivity index (χ2v) is 7.86. The summed E-state index contributed by atoms with van der Waals surface area (Å²) in [5.41, 5.74) is -2.49. The molecule has 34 heavy (non-hydrogen) atoms. The van der Waals surface area contributed by atoms with Crippen LogP contribution in [0.1, 0.15) is 22.3 Å². The summed E-state index contributed by atoms with van der Waals surface area (Å²) in [6, 6.07) is 23.4. The molecule has 0 aliphatic heterocycles. The molecule has 0 aromatic heterocycles. The van der Waals surface area contributed by atoms with Crippen molar-refractivity contribution < 1.29 is 30.6 Å². The summed E-state index contributed by atoms with van der Waals surface area (Å²) >= 11 is 0. The first-order valence-electron chi connectivity index (χ1n) is 10.4. The highest BCUT2D eigenvalue weighted by Gasteiger charge is 2.34. The molecule has 170 valence electrons. The molecule has 0 atom stereocenters. The van der Waals surface area contributed by atoms with Gasteiger partial charge >= 0.3 is 0 Å². The van der Waals surface area contributed by atoms with Gasteiger partial charge in [0.1, 0.15) is 23.0 Å². The fourth-order valence-corrected chi connectivity index (χ4v) is 3.61. The first kappa shape index (κ1) is 22.7. The summed E-state index contributed by atoms with van der Waals surface area (Å²) in [4.78, 5) is 0. The molecule has 4 rings (SSSR count). The van der Waals surface area contributed by atoms with Crippen molar-refractivity contribution in [2.75, 3.05) is 0 Å². The average molecular weight is 454 g/mol. The quantitative estimate of drug-likeness (QED) is 0.262. The van der Waals surface area contributed by atoms with Gasteiger partial charge in [0.15, 0.2) is 11.2 Å². The van der Waals surface area contributed by atoms with Gasteiger partial charge in [-0.15, -0.1) is 0 Å². The van der Waals surface area contributed by atoms with E-state index in [1.54, 1.807) is 0 Å². The molecule has 6 heteroatoms. The number of phenolic OH excluding ortho intramolecular Hbond substituents is 4. The molecule has 0 radical (unpaired) electrons. The van der Waals surface area contributed by atoms with Gasteiger partial charge in [-0.2, -0.15) is 0 Å². The maximum Gasteiger partial charge on any atom is 0.177 e. The number of rotatable bonds is 4. The van der Waals surface area contributed by atoms with E-state index in [0.29, 0.717) is 22.3 Å². The Morgan fingerprint density at radius 3 is 0.706 bits per heavy atom. The summed E-state index contributed by atoms with van der Waals surface area (Å²) in [6.07, 6.45) is 0. The van der Waals surface area contributed by atoms with Crippen LogP contribution in [-0.2, 0) is 11.2 Å². The molecule has 0 unspecified atom stereocenters. The zero-order valence-corrected chi connectivity index (χ0v) is 17.9. The van der Waals surface area contributed by atoms with E-state index in [2.05, 4.69) is 11.8 Å². The summed E-state index contributed by atoms with van der Waals surface area (Å²) in [7, 11) is 0. The van der Waals surface area contributed by atoms with Crippen LogP contribution in [0.25, 0.3) is 0 Å². The Morgan fingerprint density at radius 1 is 0.353 bits per heavy atom. The Balaban J connectivity index is 1.93. The summed E-state index contributed by atoms with van der Waals surface area (Å²) in [5, 5.41) is 62.3. The lowest BCUT2D eigenvalue weighted by molar-refractivity contribution is 0.133. The molecule has 0 heterocycles. The lowest BCUT2D eigenvalue weighted by Gasteiger charge is -2.27. The topological polar surface area (TPSA) is 121 Å². The first-order chi connectivity index (χ1) is 16.2. The van der Waals surface area contributed by atoms with Crippen molar-refractivity contribution in [2.24, 2.45) is 0 Å². The van der Waals surface area contributed by atoms with Crippen LogP contribution < -0.4 is 0 Å². The van der Waals surface area contributed by atoms with Crippen molar-refractivity contribution in [1.82, 2.24) is 0 Å². The van der Waals surface area contributed by atoms with E-state index in [1.807, 2.05) is 0 Å². The molecule has 0 saturated heterocycles. The number of hydrogen-bond donors (Lipinski definition) is 6. The van der Waals surface area contributed by atoms with E-state index < -0.39 is 11.2 Å². The highest BCUT2D eigenvalue weighted by Crippen LogP contribution is 2.35. The van der Waals surface area contributed by atoms with Crippen LogP contribution in [0, 0.1) is 11.8 Å². The predicted molar refractivity (Wildman–Crippen MR) is 126 cm³/mol. The van der Waals surface area contributed by atoms with Crippen LogP contribution in [0.15, 0.2) is 97.1 Å². The molecular formula is C28H22O6. The van der Waals surface area contributed by atoms with Crippen molar-refractivity contribution >= 4 is 0 Å². The molecule has 4 aromatic rings. The van der Waals surface area contributed by atoms with Crippen molar-refractivity contribution in [2.45, 2.75) is 11.2 Å². The number of aromatic hydroxyl groups is 4. The van der Waals surface area contributed by atoms with E-state index in [0.717, 1.165) is 0 Å². The lowest BCUT2D eigenvalue weighted by atomic mass is 9.83. The lowest BCUT2D eigenvalue weighted by Crippen LogP contribution is -2.29. The molecule has 6 N–H and O–H groups in total. The molecule has 4 aromatic carbocycles. The molecule has 0 saturated carbocycles. The molecule has 0 spiro atoms. The molecule has 6 nitrogen and oxygen atoms in total. The van der Waals surface area contributed by atoms with E-state index >= 15 is 0 Å². The van der Waals surface area contributed by atoms with Gasteiger partial charge in [0.25, 0.3) is 0 Å². The minimum Gasteiger partial charge on any atom is -0.508 e. The van der Waals surface area contributed by atoms with Crippen LogP contribution in [0.4, 0.5) is 0 Å². The van der Waals surface area contributed by atoms with Crippen LogP contribution in [0.5, 0.6) is 23.0 Å². The molecule has 0 bridgehead atoms. The van der Waals surface area contributed by atoms with E-state index in [1.165, 1.54) is 97.1 Å². The van der Waals surface area contributed by atoms with Crippen LogP contribution in [0.2, 0.25) is 0 Å². The number of benzene rings is 4. The average Bonchev–Trinajstić information content (AvgIpc) is 2.84.